The summed E-state index contributed by atoms with van der Waals surface area (Å²) in [6, 6.07) is 0.897. The van der Waals surface area contributed by atoms with E-state index in [1.165, 1.54) is 6.20 Å². The van der Waals surface area contributed by atoms with Crippen LogP contribution >= 0.6 is 0 Å². The van der Waals surface area contributed by atoms with Gasteiger partial charge in [0.25, 0.3) is 0 Å². The highest BCUT2D eigenvalue weighted by Crippen LogP contribution is 2.37. The van der Waals surface area contributed by atoms with Crippen LogP contribution in [0.15, 0.2) is 18.3 Å². The van der Waals surface area contributed by atoms with Gasteiger partial charge in [0.2, 0.25) is 5.82 Å². The molecule has 4 nitrogen and oxygen atoms in total. The summed E-state index contributed by atoms with van der Waals surface area (Å²) in [6.07, 6.45) is -1.29. The second kappa shape index (κ2) is 7.81. The Morgan fingerprint density at radius 1 is 1.03 bits per heavy atom. The zero-order chi connectivity index (χ0) is 21.6. The van der Waals surface area contributed by atoms with Crippen LogP contribution in [0.5, 0.6) is 0 Å². The Balaban J connectivity index is 1.47. The Morgan fingerprint density at radius 2 is 1.77 bits per heavy atom. The monoisotopic (exact) mass is 430 g/mol. The molecule has 0 bridgehead atoms. The summed E-state index contributed by atoms with van der Waals surface area (Å²) in [6.45, 7) is 0.881. The van der Waals surface area contributed by atoms with Gasteiger partial charge < -0.3 is 5.73 Å². The first-order chi connectivity index (χ1) is 14.1. The molecule has 0 saturated heterocycles. The molecule has 0 spiro atoms. The molecule has 1 aromatic carbocycles. The molecule has 4 rings (SSSR count). The number of hydrogen-bond acceptors (Lipinski definition) is 4. The van der Waals surface area contributed by atoms with Crippen molar-refractivity contribution < 1.29 is 26.3 Å². The van der Waals surface area contributed by atoms with Crippen molar-refractivity contribution in [3.8, 4) is 0 Å². The summed E-state index contributed by atoms with van der Waals surface area (Å²) in [4.78, 5) is 9.15. The molecule has 0 radical (unpaired) electrons. The minimum Gasteiger partial charge on any atom is -0.327 e. The highest BCUT2D eigenvalue weighted by atomic mass is 19.4. The van der Waals surface area contributed by atoms with Crippen LogP contribution in [0.4, 0.5) is 26.3 Å². The van der Waals surface area contributed by atoms with Crippen LogP contribution in [0, 0.1) is 17.5 Å². The molecule has 1 saturated carbocycles. The van der Waals surface area contributed by atoms with E-state index < -0.39 is 41.4 Å². The first-order valence-corrected chi connectivity index (χ1v) is 9.69. The predicted molar refractivity (Wildman–Crippen MR) is 95.8 cm³/mol. The number of hydrogen-bond donors (Lipinski definition) is 1. The molecule has 1 aliphatic heterocycles. The van der Waals surface area contributed by atoms with E-state index in [-0.39, 0.29) is 18.2 Å². The number of benzene rings is 1. The van der Waals surface area contributed by atoms with E-state index in [1.807, 2.05) is 4.90 Å². The molecule has 1 fully saturated rings. The third-order valence-corrected chi connectivity index (χ3v) is 6.06. The average Bonchev–Trinajstić information content (AvgIpc) is 2.69. The largest absolute Gasteiger partial charge is 0.451 e. The predicted octanol–water partition coefficient (Wildman–Crippen LogP) is 3.93. The highest BCUT2D eigenvalue weighted by Gasteiger charge is 2.38. The Hall–Kier alpha value is -2.20. The summed E-state index contributed by atoms with van der Waals surface area (Å²) in [7, 11) is 0. The van der Waals surface area contributed by atoms with Crippen molar-refractivity contribution in [3.63, 3.8) is 0 Å². The zero-order valence-electron chi connectivity index (χ0n) is 15.9. The highest BCUT2D eigenvalue weighted by molar-refractivity contribution is 5.27. The molecule has 10 heteroatoms. The fourth-order valence-electron chi connectivity index (χ4n) is 4.49. The standard InChI is InChI=1S/C20H20F6N4/c21-14-7-16(23)15(22)6-13(14)12-2-1-11(5-17(12)27)30-4-3-10-8-28-19(20(24,25)26)29-18(10)9-30/h6-8,11-12,17H,1-5,9,27H2/t11-,12?,17-/m0/s1. The lowest BCUT2D eigenvalue weighted by molar-refractivity contribution is -0.145. The molecule has 162 valence electrons. The molecule has 1 aliphatic carbocycles. The van der Waals surface area contributed by atoms with Crippen molar-refractivity contribution in [2.24, 2.45) is 5.73 Å². The van der Waals surface area contributed by atoms with E-state index >= 15 is 0 Å². The maximum Gasteiger partial charge on any atom is 0.451 e. The third-order valence-electron chi connectivity index (χ3n) is 6.06. The van der Waals surface area contributed by atoms with Gasteiger partial charge >= 0.3 is 6.18 Å². The topological polar surface area (TPSA) is 55.0 Å². The average molecular weight is 430 g/mol. The van der Waals surface area contributed by atoms with Gasteiger partial charge in [0.05, 0.1) is 5.69 Å². The smallest absolute Gasteiger partial charge is 0.327 e. The Bertz CT molecular complexity index is 948. The quantitative estimate of drug-likeness (QED) is 0.580. The number of nitrogens with two attached hydrogens (primary N) is 1. The summed E-state index contributed by atoms with van der Waals surface area (Å²) < 4.78 is 79.7. The molecule has 1 aromatic heterocycles. The minimum atomic E-state index is -4.60. The van der Waals surface area contributed by atoms with Gasteiger partial charge in [-0.3, -0.25) is 4.90 Å². The normalized spacial score (nSPS) is 25.2. The molecule has 2 N–H and O–H groups in total. The van der Waals surface area contributed by atoms with Gasteiger partial charge in [0.15, 0.2) is 11.6 Å². The van der Waals surface area contributed by atoms with Gasteiger partial charge in [-0.25, -0.2) is 23.1 Å². The van der Waals surface area contributed by atoms with Gasteiger partial charge in [-0.2, -0.15) is 13.2 Å². The van der Waals surface area contributed by atoms with Crippen molar-refractivity contribution in [2.75, 3.05) is 6.54 Å². The molecule has 2 aromatic rings. The number of rotatable bonds is 2. The van der Waals surface area contributed by atoms with Crippen LogP contribution in [-0.2, 0) is 19.1 Å². The number of alkyl halides is 3. The second-order valence-corrected chi connectivity index (χ2v) is 7.91. The Kier molecular flexibility index (Phi) is 5.48. The summed E-state index contributed by atoms with van der Waals surface area (Å²) in [5.74, 6) is -4.79. The fraction of sp³-hybridized carbons (Fsp3) is 0.500. The van der Waals surface area contributed by atoms with Gasteiger partial charge in [-0.15, -0.1) is 0 Å². The maximum absolute atomic E-state index is 14.2. The SMILES string of the molecule is N[C@H]1C[C@@H](N2CCc3cnc(C(F)(F)F)nc3C2)CCC1c1cc(F)c(F)cc1F. The summed E-state index contributed by atoms with van der Waals surface area (Å²) in [5, 5.41) is 0. The van der Waals surface area contributed by atoms with Gasteiger partial charge in [0.1, 0.15) is 5.82 Å². The minimum absolute atomic E-state index is 0.0120. The molecule has 1 unspecified atom stereocenters. The van der Waals surface area contributed by atoms with Gasteiger partial charge in [-0.05, 0) is 42.9 Å². The Morgan fingerprint density at radius 3 is 2.47 bits per heavy atom. The lowest BCUT2D eigenvalue weighted by Crippen LogP contribution is -2.47. The number of nitrogens with zero attached hydrogens (tertiary/aromatic N) is 3. The van der Waals surface area contributed by atoms with E-state index in [9.17, 15) is 26.3 Å². The van der Waals surface area contributed by atoms with Gasteiger partial charge in [0, 0.05) is 43.4 Å². The van der Waals surface area contributed by atoms with Crippen LogP contribution in [0.2, 0.25) is 0 Å². The molecular weight excluding hydrogens is 410 g/mol. The van der Waals surface area contributed by atoms with Crippen LogP contribution in [0.1, 0.15) is 47.8 Å². The van der Waals surface area contributed by atoms with Crippen molar-refractivity contribution in [1.29, 1.82) is 0 Å². The van der Waals surface area contributed by atoms with Crippen molar-refractivity contribution in [3.05, 3.63) is 58.4 Å². The third kappa shape index (κ3) is 4.02. The van der Waals surface area contributed by atoms with Crippen LogP contribution in [0.25, 0.3) is 0 Å². The van der Waals surface area contributed by atoms with Crippen LogP contribution < -0.4 is 5.73 Å². The summed E-state index contributed by atoms with van der Waals surface area (Å²) >= 11 is 0. The summed E-state index contributed by atoms with van der Waals surface area (Å²) in [5.41, 5.74) is 7.37. The molecule has 2 heterocycles. The van der Waals surface area contributed by atoms with E-state index in [2.05, 4.69) is 9.97 Å². The van der Waals surface area contributed by atoms with E-state index in [0.717, 1.165) is 6.07 Å². The van der Waals surface area contributed by atoms with Crippen molar-refractivity contribution in [2.45, 2.75) is 56.4 Å². The second-order valence-electron chi connectivity index (χ2n) is 7.91. The first-order valence-electron chi connectivity index (χ1n) is 9.69. The molecule has 0 amide bonds. The van der Waals surface area contributed by atoms with E-state index in [4.69, 9.17) is 5.73 Å². The Labute approximate surface area is 169 Å². The molecule has 30 heavy (non-hydrogen) atoms. The molecule has 2 aliphatic rings. The first kappa shape index (κ1) is 21.0. The lowest BCUT2D eigenvalue weighted by atomic mass is 9.77. The van der Waals surface area contributed by atoms with Crippen molar-refractivity contribution in [1.82, 2.24) is 14.9 Å². The van der Waals surface area contributed by atoms with Gasteiger partial charge in [-0.1, -0.05) is 0 Å². The lowest BCUT2D eigenvalue weighted by Gasteiger charge is -2.41. The molecule has 3 atom stereocenters. The zero-order valence-corrected chi connectivity index (χ0v) is 15.9. The van der Waals surface area contributed by atoms with E-state index in [1.54, 1.807) is 0 Å². The van der Waals surface area contributed by atoms with Crippen molar-refractivity contribution >= 4 is 0 Å². The van der Waals surface area contributed by atoms with Crippen LogP contribution in [-0.4, -0.2) is 33.5 Å². The number of aromatic nitrogens is 2. The van der Waals surface area contributed by atoms with E-state index in [0.29, 0.717) is 49.6 Å². The maximum atomic E-state index is 14.2. The molecular formula is C20H20F6N4. The number of halogens is 6. The fourth-order valence-corrected chi connectivity index (χ4v) is 4.49. The van der Waals surface area contributed by atoms with Crippen LogP contribution in [0.3, 0.4) is 0 Å². The number of fused-ring (bicyclic) bond motifs is 1.